The Morgan fingerprint density at radius 2 is 1.69 bits per heavy atom. The van der Waals surface area contributed by atoms with Crippen molar-refractivity contribution in [2.45, 2.75) is 11.8 Å². The molecule has 1 aliphatic rings. The number of hydrazine groups is 1. The van der Waals surface area contributed by atoms with E-state index in [1.165, 1.54) is 24.3 Å². The predicted octanol–water partition coefficient (Wildman–Crippen LogP) is 5.27. The molecular weight excluding hydrogens is 414 g/mol. The molecule has 1 heterocycles. The van der Waals surface area contributed by atoms with Gasteiger partial charge in [0.2, 0.25) is 5.60 Å². The van der Waals surface area contributed by atoms with Crippen molar-refractivity contribution in [1.82, 2.24) is 5.48 Å². The maximum Gasteiger partial charge on any atom is 0.428 e. The molecular formula is C16H11Cl3F3N3O. The van der Waals surface area contributed by atoms with Gasteiger partial charge in [0.25, 0.3) is 0 Å². The van der Waals surface area contributed by atoms with Crippen molar-refractivity contribution in [3.63, 3.8) is 0 Å². The summed E-state index contributed by atoms with van der Waals surface area (Å²) in [6, 6.07) is 8.15. The summed E-state index contributed by atoms with van der Waals surface area (Å²) in [7, 11) is 0. The molecule has 0 amide bonds. The van der Waals surface area contributed by atoms with E-state index in [-0.39, 0.29) is 21.3 Å². The van der Waals surface area contributed by atoms with Gasteiger partial charge in [-0.05, 0) is 36.4 Å². The van der Waals surface area contributed by atoms with E-state index < -0.39 is 11.8 Å². The molecule has 4 nitrogen and oxygen atoms in total. The van der Waals surface area contributed by atoms with Crippen LogP contribution in [0.25, 0.3) is 5.70 Å². The van der Waals surface area contributed by atoms with E-state index in [1.807, 2.05) is 0 Å². The minimum absolute atomic E-state index is 0.0580. The van der Waals surface area contributed by atoms with Crippen LogP contribution in [-0.2, 0) is 10.4 Å². The van der Waals surface area contributed by atoms with Gasteiger partial charge in [0, 0.05) is 21.2 Å². The van der Waals surface area contributed by atoms with E-state index in [0.717, 1.165) is 18.2 Å². The Balaban J connectivity index is 2.14. The number of alkyl halides is 3. The van der Waals surface area contributed by atoms with Crippen LogP contribution in [0, 0.1) is 0 Å². The summed E-state index contributed by atoms with van der Waals surface area (Å²) < 4.78 is 41.7. The lowest BCUT2D eigenvalue weighted by Crippen LogP contribution is -2.42. The first-order chi connectivity index (χ1) is 12.2. The molecule has 1 unspecified atom stereocenters. The van der Waals surface area contributed by atoms with Crippen molar-refractivity contribution < 1.29 is 18.0 Å². The molecule has 4 N–H and O–H groups in total. The molecule has 1 atom stereocenters. The van der Waals surface area contributed by atoms with Gasteiger partial charge in [-0.1, -0.05) is 40.9 Å². The quantitative estimate of drug-likeness (QED) is 0.464. The summed E-state index contributed by atoms with van der Waals surface area (Å²) in [6.45, 7) is 0. The van der Waals surface area contributed by atoms with Gasteiger partial charge in [-0.2, -0.15) is 13.2 Å². The standard InChI is InChI=1S/C16H11Cl3F3N3O/c17-10-4-9(5-11(18)6-10)15(16(20,21)22)7-14(25-26-15)8-1-2-12(19)13(3-8)24-23/h1-7,24-25H,23H2. The Bertz CT molecular complexity index is 869. The van der Waals surface area contributed by atoms with E-state index in [4.69, 9.17) is 45.5 Å². The second kappa shape index (κ2) is 6.83. The Morgan fingerprint density at radius 1 is 1.04 bits per heavy atom. The molecule has 0 fully saturated rings. The van der Waals surface area contributed by atoms with Gasteiger partial charge in [0.1, 0.15) is 0 Å². The first-order valence-electron chi connectivity index (χ1n) is 7.13. The van der Waals surface area contributed by atoms with Crippen molar-refractivity contribution in [1.29, 1.82) is 0 Å². The molecule has 10 heteroatoms. The number of rotatable bonds is 3. The fraction of sp³-hybridized carbons (Fsp3) is 0.125. The van der Waals surface area contributed by atoms with Gasteiger partial charge in [0.15, 0.2) is 0 Å². The summed E-state index contributed by atoms with van der Waals surface area (Å²) in [5.74, 6) is 5.35. The molecule has 26 heavy (non-hydrogen) atoms. The van der Waals surface area contributed by atoms with Gasteiger partial charge >= 0.3 is 6.18 Å². The number of nitrogen functional groups attached to an aromatic ring is 1. The van der Waals surface area contributed by atoms with Crippen LogP contribution < -0.4 is 16.7 Å². The summed E-state index contributed by atoms with van der Waals surface area (Å²) in [4.78, 5) is 5.00. The van der Waals surface area contributed by atoms with Crippen molar-refractivity contribution in [2.24, 2.45) is 5.84 Å². The number of anilines is 1. The maximum absolute atomic E-state index is 13.9. The molecule has 0 aromatic heterocycles. The van der Waals surface area contributed by atoms with Crippen LogP contribution in [0.3, 0.4) is 0 Å². The zero-order valence-electron chi connectivity index (χ0n) is 12.8. The van der Waals surface area contributed by atoms with Gasteiger partial charge in [-0.3, -0.25) is 16.2 Å². The van der Waals surface area contributed by atoms with E-state index in [2.05, 4.69) is 10.9 Å². The Hall–Kier alpha value is -1.64. The highest BCUT2D eigenvalue weighted by atomic mass is 35.5. The minimum Gasteiger partial charge on any atom is -0.323 e. The monoisotopic (exact) mass is 423 g/mol. The van der Waals surface area contributed by atoms with Crippen molar-refractivity contribution in [3.8, 4) is 0 Å². The Kier molecular flexibility index (Phi) is 5.02. The number of nitrogens with one attached hydrogen (secondary N) is 2. The molecule has 0 radical (unpaired) electrons. The SMILES string of the molecule is NNc1cc(C2=CC(c3cc(Cl)cc(Cl)c3)(C(F)(F)F)ON2)ccc1Cl. The predicted molar refractivity (Wildman–Crippen MR) is 95.7 cm³/mol. The highest BCUT2D eigenvalue weighted by Gasteiger charge is 2.59. The molecule has 0 aliphatic carbocycles. The van der Waals surface area contributed by atoms with E-state index in [9.17, 15) is 13.2 Å². The minimum atomic E-state index is -4.78. The summed E-state index contributed by atoms with van der Waals surface area (Å²) in [5.41, 5.74) is 2.51. The van der Waals surface area contributed by atoms with Crippen molar-refractivity contribution in [2.75, 3.05) is 5.43 Å². The highest BCUT2D eigenvalue weighted by molar-refractivity contribution is 6.34. The zero-order chi connectivity index (χ0) is 19.1. The number of halogens is 6. The van der Waals surface area contributed by atoms with Gasteiger partial charge in [-0.15, -0.1) is 0 Å². The van der Waals surface area contributed by atoms with Gasteiger partial charge < -0.3 is 5.43 Å². The van der Waals surface area contributed by atoms with Crippen LogP contribution in [0.5, 0.6) is 0 Å². The summed E-state index contributed by atoms with van der Waals surface area (Å²) >= 11 is 17.7. The maximum atomic E-state index is 13.9. The average Bonchev–Trinajstić information content (AvgIpc) is 3.01. The number of hydrogen-bond donors (Lipinski definition) is 3. The van der Waals surface area contributed by atoms with Crippen molar-refractivity contribution in [3.05, 3.63) is 68.7 Å². The molecule has 0 saturated carbocycles. The lowest BCUT2D eigenvalue weighted by atomic mass is 9.91. The van der Waals surface area contributed by atoms with Crippen molar-refractivity contribution >= 4 is 46.2 Å². The Labute approximate surface area is 161 Å². The third-order valence-corrected chi connectivity index (χ3v) is 4.58. The van der Waals surface area contributed by atoms with E-state index in [1.54, 1.807) is 0 Å². The summed E-state index contributed by atoms with van der Waals surface area (Å²) in [6.07, 6.45) is -3.87. The molecule has 2 aromatic carbocycles. The van der Waals surface area contributed by atoms with Crippen LogP contribution in [0.15, 0.2) is 42.5 Å². The molecule has 0 bridgehead atoms. The van der Waals surface area contributed by atoms with Crippen LogP contribution >= 0.6 is 34.8 Å². The van der Waals surface area contributed by atoms with Crippen LogP contribution in [0.2, 0.25) is 15.1 Å². The lowest BCUT2D eigenvalue weighted by molar-refractivity contribution is -0.269. The number of hydroxylamine groups is 1. The zero-order valence-corrected chi connectivity index (χ0v) is 15.1. The Morgan fingerprint density at radius 3 is 2.27 bits per heavy atom. The average molecular weight is 425 g/mol. The fourth-order valence-electron chi connectivity index (χ4n) is 2.56. The fourth-order valence-corrected chi connectivity index (χ4v) is 3.26. The molecule has 138 valence electrons. The third kappa shape index (κ3) is 3.33. The first-order valence-corrected chi connectivity index (χ1v) is 8.26. The highest BCUT2D eigenvalue weighted by Crippen LogP contribution is 2.48. The summed E-state index contributed by atoms with van der Waals surface area (Å²) in [5, 5.41) is 0.435. The van der Waals surface area contributed by atoms with E-state index in [0.29, 0.717) is 16.3 Å². The molecule has 1 aliphatic heterocycles. The molecule has 0 spiro atoms. The van der Waals surface area contributed by atoms with Crippen LogP contribution in [0.1, 0.15) is 11.1 Å². The van der Waals surface area contributed by atoms with Gasteiger partial charge in [-0.25, -0.2) is 0 Å². The topological polar surface area (TPSA) is 59.3 Å². The van der Waals surface area contributed by atoms with Gasteiger partial charge in [0.05, 0.1) is 16.4 Å². The largest absolute Gasteiger partial charge is 0.428 e. The second-order valence-electron chi connectivity index (χ2n) is 5.49. The molecule has 3 rings (SSSR count). The number of benzene rings is 2. The first kappa shape index (κ1) is 19.1. The molecule has 0 saturated heterocycles. The lowest BCUT2D eigenvalue weighted by Gasteiger charge is -2.28. The van der Waals surface area contributed by atoms with Crippen LogP contribution in [0.4, 0.5) is 18.9 Å². The number of nitrogens with two attached hydrogens (primary N) is 1. The van der Waals surface area contributed by atoms with E-state index >= 15 is 0 Å². The van der Waals surface area contributed by atoms with Crippen LogP contribution in [-0.4, -0.2) is 6.18 Å². The number of hydrogen-bond acceptors (Lipinski definition) is 4. The normalized spacial score (nSPS) is 19.9. The smallest absolute Gasteiger partial charge is 0.323 e. The molecule has 2 aromatic rings. The third-order valence-electron chi connectivity index (χ3n) is 3.81. The second-order valence-corrected chi connectivity index (χ2v) is 6.77.